The quantitative estimate of drug-likeness (QED) is 0.345. The van der Waals surface area contributed by atoms with E-state index in [0.717, 1.165) is 5.56 Å². The lowest BCUT2D eigenvalue weighted by Crippen LogP contribution is -2.27. The average molecular weight is 264 g/mol. The summed E-state index contributed by atoms with van der Waals surface area (Å²) in [5.74, 6) is 0.0301. The SMILES string of the molecule is CN(C)C=NC(=N[N+](=O)[O-])N(C)Cc1cccnc1. The van der Waals surface area contributed by atoms with Crippen molar-refractivity contribution in [2.45, 2.75) is 6.54 Å². The van der Waals surface area contributed by atoms with Crippen molar-refractivity contribution < 1.29 is 5.03 Å². The molecule has 0 N–H and O–H groups in total. The monoisotopic (exact) mass is 264 g/mol. The molecule has 0 unspecified atom stereocenters. The van der Waals surface area contributed by atoms with Gasteiger partial charge in [0, 0.05) is 40.1 Å². The van der Waals surface area contributed by atoms with Crippen LogP contribution >= 0.6 is 0 Å². The maximum atomic E-state index is 10.5. The van der Waals surface area contributed by atoms with Gasteiger partial charge in [-0.1, -0.05) is 6.07 Å². The second-order valence-electron chi connectivity index (χ2n) is 4.06. The maximum Gasteiger partial charge on any atom is 0.298 e. The largest absolute Gasteiger partial charge is 0.369 e. The smallest absolute Gasteiger partial charge is 0.298 e. The first-order valence-electron chi connectivity index (χ1n) is 5.52. The third-order valence-electron chi connectivity index (χ3n) is 2.06. The Bertz CT molecular complexity index is 471. The highest BCUT2D eigenvalue weighted by Crippen LogP contribution is 2.02. The summed E-state index contributed by atoms with van der Waals surface area (Å²) in [4.78, 5) is 21.7. The number of rotatable bonds is 4. The summed E-state index contributed by atoms with van der Waals surface area (Å²) in [7, 11) is 5.23. The molecule has 0 fully saturated rings. The summed E-state index contributed by atoms with van der Waals surface area (Å²) >= 11 is 0. The van der Waals surface area contributed by atoms with Gasteiger partial charge in [0.1, 0.15) is 5.10 Å². The van der Waals surface area contributed by atoms with Crippen LogP contribution in [-0.2, 0) is 6.54 Å². The lowest BCUT2D eigenvalue weighted by atomic mass is 10.3. The first-order chi connectivity index (χ1) is 8.99. The molecule has 1 aromatic rings. The molecule has 0 aliphatic carbocycles. The van der Waals surface area contributed by atoms with Crippen LogP contribution in [0.25, 0.3) is 0 Å². The average Bonchev–Trinajstić information content (AvgIpc) is 2.35. The van der Waals surface area contributed by atoms with Crippen molar-refractivity contribution in [1.82, 2.24) is 14.8 Å². The van der Waals surface area contributed by atoms with Gasteiger partial charge in [-0.2, -0.15) is 4.99 Å². The molecular weight excluding hydrogens is 248 g/mol. The van der Waals surface area contributed by atoms with Crippen molar-refractivity contribution in [1.29, 1.82) is 0 Å². The molecule has 0 bridgehead atoms. The lowest BCUT2D eigenvalue weighted by molar-refractivity contribution is -0.485. The number of pyridine rings is 1. The second kappa shape index (κ2) is 7.04. The van der Waals surface area contributed by atoms with Crippen LogP contribution in [0.2, 0.25) is 0 Å². The highest BCUT2D eigenvalue weighted by atomic mass is 16.7. The number of hydrogen-bond acceptors (Lipinski definition) is 3. The van der Waals surface area contributed by atoms with Crippen molar-refractivity contribution in [3.05, 3.63) is 40.2 Å². The number of guanidine groups is 1. The predicted octanol–water partition coefficient (Wildman–Crippen LogP) is 0.651. The summed E-state index contributed by atoms with van der Waals surface area (Å²) in [6.07, 6.45) is 4.82. The van der Waals surface area contributed by atoms with E-state index in [1.807, 2.05) is 6.07 Å². The molecule has 8 nitrogen and oxygen atoms in total. The van der Waals surface area contributed by atoms with Gasteiger partial charge in [0.25, 0.3) is 5.96 Å². The Balaban J connectivity index is 2.83. The van der Waals surface area contributed by atoms with Crippen molar-refractivity contribution >= 4 is 12.3 Å². The minimum absolute atomic E-state index is 0.0301. The summed E-state index contributed by atoms with van der Waals surface area (Å²) in [5.41, 5.74) is 0.918. The molecule has 19 heavy (non-hydrogen) atoms. The van der Waals surface area contributed by atoms with Crippen LogP contribution < -0.4 is 0 Å². The van der Waals surface area contributed by atoms with E-state index >= 15 is 0 Å². The van der Waals surface area contributed by atoms with E-state index in [-0.39, 0.29) is 5.96 Å². The number of hydrazone groups is 1. The van der Waals surface area contributed by atoms with Gasteiger partial charge in [-0.25, -0.2) is 10.1 Å². The van der Waals surface area contributed by atoms with Crippen LogP contribution in [0.15, 0.2) is 34.6 Å². The molecule has 1 rings (SSSR count). The van der Waals surface area contributed by atoms with Crippen LogP contribution in [0, 0.1) is 10.1 Å². The zero-order valence-electron chi connectivity index (χ0n) is 11.1. The Morgan fingerprint density at radius 3 is 2.79 bits per heavy atom. The fourth-order valence-corrected chi connectivity index (χ4v) is 1.28. The van der Waals surface area contributed by atoms with Crippen LogP contribution in [0.3, 0.4) is 0 Å². The van der Waals surface area contributed by atoms with Crippen LogP contribution in [0.4, 0.5) is 0 Å². The number of aliphatic imine (C=N–C) groups is 1. The van der Waals surface area contributed by atoms with E-state index < -0.39 is 5.03 Å². The molecule has 0 saturated heterocycles. The van der Waals surface area contributed by atoms with E-state index in [1.54, 1.807) is 49.4 Å². The van der Waals surface area contributed by atoms with Crippen molar-refractivity contribution in [2.24, 2.45) is 10.1 Å². The molecule has 0 aliphatic rings. The molecule has 1 aromatic heterocycles. The summed E-state index contributed by atoms with van der Waals surface area (Å²) < 4.78 is 0. The zero-order valence-corrected chi connectivity index (χ0v) is 11.1. The van der Waals surface area contributed by atoms with Crippen molar-refractivity contribution in [2.75, 3.05) is 21.1 Å². The predicted molar refractivity (Wildman–Crippen MR) is 72.3 cm³/mol. The normalized spacial score (nSPS) is 11.6. The first kappa shape index (κ1) is 14.6. The molecule has 0 atom stereocenters. The third-order valence-corrected chi connectivity index (χ3v) is 2.06. The van der Waals surface area contributed by atoms with Gasteiger partial charge in [-0.05, 0) is 11.6 Å². The minimum atomic E-state index is -0.762. The summed E-state index contributed by atoms with van der Waals surface area (Å²) in [5, 5.41) is 13.0. The molecule has 0 aromatic carbocycles. The van der Waals surface area contributed by atoms with Gasteiger partial charge >= 0.3 is 0 Å². The first-order valence-corrected chi connectivity index (χ1v) is 5.52. The third kappa shape index (κ3) is 5.57. The van der Waals surface area contributed by atoms with E-state index in [2.05, 4.69) is 15.1 Å². The van der Waals surface area contributed by atoms with Gasteiger partial charge in [0.2, 0.25) is 0 Å². The summed E-state index contributed by atoms with van der Waals surface area (Å²) in [6, 6.07) is 3.68. The van der Waals surface area contributed by atoms with E-state index in [0.29, 0.717) is 6.54 Å². The van der Waals surface area contributed by atoms with Crippen LogP contribution in [-0.4, -0.2) is 53.3 Å². The van der Waals surface area contributed by atoms with Gasteiger partial charge < -0.3 is 9.80 Å². The van der Waals surface area contributed by atoms with Crippen molar-refractivity contribution in [3.63, 3.8) is 0 Å². The minimum Gasteiger partial charge on any atom is -0.369 e. The molecular formula is C11H16N6O2. The molecule has 0 radical (unpaired) electrons. The number of nitrogens with zero attached hydrogens (tertiary/aromatic N) is 6. The molecule has 0 aliphatic heterocycles. The Morgan fingerprint density at radius 2 is 2.26 bits per heavy atom. The van der Waals surface area contributed by atoms with Gasteiger partial charge in [0.05, 0.1) is 6.34 Å². The van der Waals surface area contributed by atoms with E-state index in [1.165, 1.54) is 6.34 Å². The Kier molecular flexibility index (Phi) is 5.39. The van der Waals surface area contributed by atoms with Crippen LogP contribution in [0.1, 0.15) is 5.56 Å². The fourth-order valence-electron chi connectivity index (χ4n) is 1.28. The second-order valence-corrected chi connectivity index (χ2v) is 4.06. The lowest BCUT2D eigenvalue weighted by Gasteiger charge is -2.16. The number of nitro groups is 1. The molecule has 0 amide bonds. The highest BCUT2D eigenvalue weighted by Gasteiger charge is 2.10. The number of hydrogen-bond donors (Lipinski definition) is 0. The van der Waals surface area contributed by atoms with Gasteiger partial charge in [-0.15, -0.1) is 0 Å². The topological polar surface area (TPSA) is 87.2 Å². The standard InChI is InChI=1S/C11H16N6O2/c1-15(2)9-13-11(14-17(18)19)16(3)8-10-5-4-6-12-7-10/h4-7,9H,8H2,1-3H3. The number of aromatic nitrogens is 1. The molecule has 1 heterocycles. The molecule has 0 spiro atoms. The van der Waals surface area contributed by atoms with Gasteiger partial charge in [-0.3, -0.25) is 4.98 Å². The van der Waals surface area contributed by atoms with E-state index in [9.17, 15) is 10.1 Å². The fraction of sp³-hybridized carbons (Fsp3) is 0.364. The summed E-state index contributed by atoms with van der Waals surface area (Å²) in [6.45, 7) is 0.436. The van der Waals surface area contributed by atoms with Crippen molar-refractivity contribution in [3.8, 4) is 0 Å². The molecule has 8 heteroatoms. The maximum absolute atomic E-state index is 10.5. The molecule has 102 valence electrons. The van der Waals surface area contributed by atoms with E-state index in [4.69, 9.17) is 0 Å². The Morgan fingerprint density at radius 1 is 1.53 bits per heavy atom. The van der Waals surface area contributed by atoms with Gasteiger partial charge in [0.15, 0.2) is 5.03 Å². The molecule has 0 saturated carbocycles. The zero-order chi connectivity index (χ0) is 14.3. The highest BCUT2D eigenvalue weighted by molar-refractivity contribution is 5.86. The Hall–Kier alpha value is -2.51. The Labute approximate surface area is 111 Å². The van der Waals surface area contributed by atoms with Crippen LogP contribution in [0.5, 0.6) is 0 Å².